The lowest BCUT2D eigenvalue weighted by Gasteiger charge is -2.51. The van der Waals surface area contributed by atoms with Crippen molar-refractivity contribution in [3.05, 3.63) is 68.1 Å². The van der Waals surface area contributed by atoms with Crippen LogP contribution in [0.3, 0.4) is 0 Å². The van der Waals surface area contributed by atoms with Gasteiger partial charge < -0.3 is 9.84 Å². The summed E-state index contributed by atoms with van der Waals surface area (Å²) in [5, 5.41) is 10.6. The van der Waals surface area contributed by atoms with E-state index in [0.717, 1.165) is 10.5 Å². The Morgan fingerprint density at radius 1 is 1.00 bits per heavy atom. The van der Waals surface area contributed by atoms with Gasteiger partial charge in [0.2, 0.25) is 11.8 Å². The number of rotatable bonds is 5. The molecule has 0 bridgehead atoms. The van der Waals surface area contributed by atoms with Crippen molar-refractivity contribution in [1.29, 1.82) is 0 Å². The van der Waals surface area contributed by atoms with E-state index in [1.54, 1.807) is 6.07 Å². The number of aromatic hydroxyl groups is 1. The van der Waals surface area contributed by atoms with E-state index in [9.17, 15) is 24.3 Å². The Morgan fingerprint density at radius 2 is 1.69 bits per heavy atom. The number of halogens is 5. The molecule has 3 fully saturated rings. The van der Waals surface area contributed by atoms with Crippen LogP contribution >= 0.6 is 71.0 Å². The summed E-state index contributed by atoms with van der Waals surface area (Å²) in [7, 11) is 1.39. The highest BCUT2D eigenvalue weighted by Gasteiger charge is 2.76. The number of likely N-dealkylation sites (tertiary alicyclic amines) is 2. The zero-order chi connectivity index (χ0) is 30.3. The number of amides is 4. The van der Waals surface area contributed by atoms with Crippen molar-refractivity contribution in [2.24, 2.45) is 17.8 Å². The van der Waals surface area contributed by atoms with Crippen LogP contribution in [0.1, 0.15) is 29.9 Å². The monoisotopic (exact) mass is 802 g/mol. The molecule has 4 amide bonds. The zero-order valence-electron chi connectivity index (χ0n) is 22.0. The van der Waals surface area contributed by atoms with Crippen molar-refractivity contribution >= 4 is 94.6 Å². The number of alkyl halides is 3. The first-order valence-electron chi connectivity index (χ1n) is 13.1. The van der Waals surface area contributed by atoms with Crippen LogP contribution in [0.5, 0.6) is 11.5 Å². The van der Waals surface area contributed by atoms with E-state index in [-0.39, 0.29) is 52.6 Å². The van der Waals surface area contributed by atoms with Crippen molar-refractivity contribution < 1.29 is 29.0 Å². The van der Waals surface area contributed by atoms with Gasteiger partial charge in [0.15, 0.2) is 21.2 Å². The predicted octanol–water partition coefficient (Wildman–Crippen LogP) is 5.84. The standard InChI is InChI=1S/C29H23Br3Cl2N2O6/c1-42-18-9-16(21(31)22(32)23(18)37)20-14-7-8-15-19(25(39)35(24(15)38)11-13-5-3-2-4-6-13)17(14)10-28(33)26(40)36(12-30)27(41)29(20,28)34/h2-7,9,15,17,19-20,37H,8,10-12H2,1H3. The van der Waals surface area contributed by atoms with E-state index in [1.165, 1.54) is 12.0 Å². The van der Waals surface area contributed by atoms with Crippen LogP contribution < -0.4 is 4.74 Å². The van der Waals surface area contributed by atoms with E-state index >= 15 is 0 Å². The lowest BCUT2D eigenvalue weighted by Crippen LogP contribution is -2.60. The van der Waals surface area contributed by atoms with Gasteiger partial charge in [-0.15, -0.1) is 23.2 Å². The van der Waals surface area contributed by atoms with Gasteiger partial charge in [0, 0.05) is 10.4 Å². The summed E-state index contributed by atoms with van der Waals surface area (Å²) in [6.45, 7) is 0.130. The summed E-state index contributed by atoms with van der Waals surface area (Å²) in [6.07, 6.45) is 2.01. The van der Waals surface area contributed by atoms with Crippen LogP contribution in [0.2, 0.25) is 0 Å². The van der Waals surface area contributed by atoms with Gasteiger partial charge in [0.05, 0.1) is 35.4 Å². The molecule has 8 nitrogen and oxygen atoms in total. The summed E-state index contributed by atoms with van der Waals surface area (Å²) in [5.41, 5.74) is 1.77. The Kier molecular flexibility index (Phi) is 7.61. The van der Waals surface area contributed by atoms with Crippen molar-refractivity contribution in [1.82, 2.24) is 9.80 Å². The van der Waals surface area contributed by atoms with Crippen LogP contribution in [0.25, 0.3) is 0 Å². The van der Waals surface area contributed by atoms with E-state index in [0.29, 0.717) is 15.6 Å². The van der Waals surface area contributed by atoms with Gasteiger partial charge in [-0.3, -0.25) is 29.0 Å². The van der Waals surface area contributed by atoms with Crippen LogP contribution in [-0.2, 0) is 25.7 Å². The number of ether oxygens (including phenoxy) is 1. The molecule has 13 heteroatoms. The number of phenols is 1. The summed E-state index contributed by atoms with van der Waals surface area (Å²) in [6, 6.07) is 10.8. The van der Waals surface area contributed by atoms with Gasteiger partial charge in [0.25, 0.3) is 11.8 Å². The third kappa shape index (κ3) is 3.95. The fourth-order valence-corrected chi connectivity index (χ4v) is 9.44. The number of carbonyl (C=O) groups excluding carboxylic acids is 4. The maximum Gasteiger partial charge on any atom is 0.254 e. The van der Waals surface area contributed by atoms with E-state index in [4.69, 9.17) is 27.9 Å². The van der Waals surface area contributed by atoms with Crippen LogP contribution in [0.4, 0.5) is 0 Å². The van der Waals surface area contributed by atoms with Crippen molar-refractivity contribution in [2.75, 3.05) is 12.6 Å². The molecule has 2 heterocycles. The lowest BCUT2D eigenvalue weighted by molar-refractivity contribution is -0.141. The quantitative estimate of drug-likeness (QED) is 0.177. The van der Waals surface area contributed by atoms with E-state index in [2.05, 4.69) is 47.8 Å². The molecule has 1 N–H and O–H groups in total. The normalized spacial score (nSPS) is 32.1. The molecule has 4 aliphatic rings. The maximum atomic E-state index is 14.0. The average Bonchev–Trinajstić information content (AvgIpc) is 3.30. The molecule has 2 aromatic rings. The first-order chi connectivity index (χ1) is 19.9. The predicted molar refractivity (Wildman–Crippen MR) is 165 cm³/mol. The molecule has 0 radical (unpaired) electrons. The topological polar surface area (TPSA) is 104 Å². The summed E-state index contributed by atoms with van der Waals surface area (Å²) < 4.78 is 6.04. The Hall–Kier alpha value is -1.92. The number of nitrogens with zero attached hydrogens (tertiary/aromatic N) is 2. The van der Waals surface area contributed by atoms with Crippen LogP contribution in [0, 0.1) is 17.8 Å². The molecule has 0 spiro atoms. The van der Waals surface area contributed by atoms with E-state index < -0.39 is 45.2 Å². The average molecular weight is 806 g/mol. The van der Waals surface area contributed by atoms with Crippen molar-refractivity contribution in [3.63, 3.8) is 0 Å². The highest BCUT2D eigenvalue weighted by Crippen LogP contribution is 2.66. The van der Waals surface area contributed by atoms with E-state index in [1.807, 2.05) is 36.4 Å². The van der Waals surface area contributed by atoms with Crippen molar-refractivity contribution in [2.45, 2.75) is 35.1 Å². The third-order valence-corrected chi connectivity index (χ3v) is 13.1. The van der Waals surface area contributed by atoms with Gasteiger partial charge >= 0.3 is 0 Å². The number of allylic oxidation sites excluding steroid dienone is 2. The highest BCUT2D eigenvalue weighted by atomic mass is 79.9. The zero-order valence-corrected chi connectivity index (χ0v) is 28.2. The molecule has 6 unspecified atom stereocenters. The maximum absolute atomic E-state index is 14.0. The first-order valence-corrected chi connectivity index (χ1v) is 16.5. The molecule has 2 aliphatic heterocycles. The molecule has 2 aromatic carbocycles. The second kappa shape index (κ2) is 10.6. The molecule has 2 saturated heterocycles. The summed E-state index contributed by atoms with van der Waals surface area (Å²) >= 11 is 24.7. The molecule has 220 valence electrons. The molecular formula is C29H23Br3Cl2N2O6. The molecule has 1 saturated carbocycles. The number of imide groups is 2. The minimum atomic E-state index is -1.98. The van der Waals surface area contributed by atoms with Gasteiger partial charge in [-0.05, 0) is 67.8 Å². The van der Waals surface area contributed by atoms with Crippen LogP contribution in [0.15, 0.2) is 57.0 Å². The largest absolute Gasteiger partial charge is 0.503 e. The van der Waals surface area contributed by atoms with Gasteiger partial charge in [-0.1, -0.05) is 57.9 Å². The Labute approximate surface area is 276 Å². The number of carbonyl (C=O) groups is 4. The highest BCUT2D eigenvalue weighted by molar-refractivity contribution is 9.13. The number of phenolic OH excluding ortho intramolecular Hbond substituents is 1. The SMILES string of the molecule is COc1cc(C2C3=CCC4C(=O)N(Cc5ccccc5)C(=O)C4C3CC3(Cl)C(=O)N(CBr)C(=O)C23Cl)c(Br)c(Br)c1O. The number of hydrogen-bond acceptors (Lipinski definition) is 6. The Bertz CT molecular complexity index is 1590. The molecule has 2 aliphatic carbocycles. The van der Waals surface area contributed by atoms with Crippen LogP contribution in [-0.4, -0.2) is 60.8 Å². The Morgan fingerprint density at radius 3 is 2.33 bits per heavy atom. The second-order valence-electron chi connectivity index (χ2n) is 10.9. The number of methoxy groups -OCH3 is 1. The molecule has 0 aromatic heterocycles. The van der Waals surface area contributed by atoms with Gasteiger partial charge in [-0.25, -0.2) is 0 Å². The molecule has 6 atom stereocenters. The first kappa shape index (κ1) is 30.1. The molecule has 6 rings (SSSR count). The second-order valence-corrected chi connectivity index (χ2v) is 14.2. The Balaban J connectivity index is 1.53. The lowest BCUT2D eigenvalue weighted by atomic mass is 9.56. The van der Waals surface area contributed by atoms with Gasteiger partial charge in [0.1, 0.15) is 0 Å². The number of fused-ring (bicyclic) bond motifs is 4. The fraction of sp³-hybridized carbons (Fsp3) is 0.379. The summed E-state index contributed by atoms with van der Waals surface area (Å²) in [5.74, 6) is -5.15. The summed E-state index contributed by atoms with van der Waals surface area (Å²) in [4.78, 5) is 53.8. The smallest absolute Gasteiger partial charge is 0.254 e. The minimum absolute atomic E-state index is 0.104. The minimum Gasteiger partial charge on any atom is -0.503 e. The fourth-order valence-electron chi connectivity index (χ4n) is 7.06. The van der Waals surface area contributed by atoms with Crippen molar-refractivity contribution in [3.8, 4) is 11.5 Å². The van der Waals surface area contributed by atoms with Gasteiger partial charge in [-0.2, -0.15) is 0 Å². The molecule has 42 heavy (non-hydrogen) atoms. The third-order valence-electron chi connectivity index (χ3n) is 8.99. The molecular weight excluding hydrogens is 783 g/mol. The number of benzene rings is 2. The number of hydrogen-bond donors (Lipinski definition) is 1.